The van der Waals surface area contributed by atoms with Gasteiger partial charge >= 0.3 is 0 Å². The highest BCUT2D eigenvalue weighted by atomic mass is 35.5. The van der Waals surface area contributed by atoms with Crippen LogP contribution in [0, 0.1) is 13.8 Å². The van der Waals surface area contributed by atoms with Gasteiger partial charge in [0.15, 0.2) is 5.69 Å². The summed E-state index contributed by atoms with van der Waals surface area (Å²) in [5, 5.41) is 14.6. The van der Waals surface area contributed by atoms with Crippen molar-refractivity contribution in [1.29, 1.82) is 0 Å². The number of hydrogen-bond donors (Lipinski definition) is 2. The molecule has 2 N–H and O–H groups in total. The molecule has 7 heteroatoms. The predicted octanol–water partition coefficient (Wildman–Crippen LogP) is 2.73. The van der Waals surface area contributed by atoms with Gasteiger partial charge in [0.05, 0.1) is 18.3 Å². The van der Waals surface area contributed by atoms with Gasteiger partial charge in [-0.05, 0) is 63.4 Å². The summed E-state index contributed by atoms with van der Waals surface area (Å²) in [4.78, 5) is 12.5. The minimum absolute atomic E-state index is 0. The molecule has 6 nitrogen and oxygen atoms in total. The first kappa shape index (κ1) is 19.4. The normalized spacial score (nSPS) is 16.1. The molecule has 0 bridgehead atoms. The van der Waals surface area contributed by atoms with Crippen molar-refractivity contribution in [2.24, 2.45) is 0 Å². The SMILES string of the molecule is Cc1cccc(C(C)NC(=O)c2cn(C3CCNCC3)nn2)c1C.Cl. The molecule has 0 radical (unpaired) electrons. The predicted molar refractivity (Wildman–Crippen MR) is 100 cm³/mol. The Morgan fingerprint density at radius 3 is 2.76 bits per heavy atom. The van der Waals surface area contributed by atoms with Gasteiger partial charge in [0.25, 0.3) is 5.91 Å². The third kappa shape index (κ3) is 4.38. The van der Waals surface area contributed by atoms with Gasteiger partial charge in [-0.15, -0.1) is 17.5 Å². The van der Waals surface area contributed by atoms with E-state index in [-0.39, 0.29) is 24.4 Å². The van der Waals surface area contributed by atoms with E-state index in [1.165, 1.54) is 11.1 Å². The molecule has 1 saturated heterocycles. The second-order valence-corrected chi connectivity index (χ2v) is 6.55. The molecule has 0 spiro atoms. The Hall–Kier alpha value is -1.92. The highest BCUT2D eigenvalue weighted by Crippen LogP contribution is 2.21. The maximum absolute atomic E-state index is 12.5. The smallest absolute Gasteiger partial charge is 0.273 e. The Balaban J connectivity index is 0.00000225. The zero-order valence-electron chi connectivity index (χ0n) is 15.0. The van der Waals surface area contributed by atoms with Crippen molar-refractivity contribution in [2.75, 3.05) is 13.1 Å². The van der Waals surface area contributed by atoms with E-state index < -0.39 is 0 Å². The minimum Gasteiger partial charge on any atom is -0.344 e. The third-order valence-corrected chi connectivity index (χ3v) is 4.89. The van der Waals surface area contributed by atoms with Crippen LogP contribution < -0.4 is 10.6 Å². The van der Waals surface area contributed by atoms with Crippen LogP contribution in [0.5, 0.6) is 0 Å². The van der Waals surface area contributed by atoms with Gasteiger partial charge in [-0.25, -0.2) is 4.68 Å². The van der Waals surface area contributed by atoms with Gasteiger partial charge in [-0.1, -0.05) is 23.4 Å². The third-order valence-electron chi connectivity index (χ3n) is 4.89. The zero-order chi connectivity index (χ0) is 17.1. The van der Waals surface area contributed by atoms with Crippen molar-refractivity contribution >= 4 is 18.3 Å². The molecule has 1 aliphatic heterocycles. The quantitative estimate of drug-likeness (QED) is 0.876. The number of halogens is 1. The molecule has 25 heavy (non-hydrogen) atoms. The van der Waals surface area contributed by atoms with Crippen LogP contribution in [-0.2, 0) is 0 Å². The van der Waals surface area contributed by atoms with Gasteiger partial charge in [0, 0.05) is 0 Å². The van der Waals surface area contributed by atoms with Gasteiger partial charge in [0.2, 0.25) is 0 Å². The first-order valence-corrected chi connectivity index (χ1v) is 8.56. The first-order valence-electron chi connectivity index (χ1n) is 8.56. The molecule has 0 saturated carbocycles. The summed E-state index contributed by atoms with van der Waals surface area (Å²) in [6.45, 7) is 8.13. The molecule has 2 heterocycles. The van der Waals surface area contributed by atoms with Crippen molar-refractivity contribution in [3.63, 3.8) is 0 Å². The van der Waals surface area contributed by atoms with Crippen molar-refractivity contribution in [3.05, 3.63) is 46.8 Å². The van der Waals surface area contributed by atoms with Crippen LogP contribution in [0.25, 0.3) is 0 Å². The number of hydrogen-bond acceptors (Lipinski definition) is 4. The molecule has 136 valence electrons. The van der Waals surface area contributed by atoms with Crippen LogP contribution >= 0.6 is 12.4 Å². The summed E-state index contributed by atoms with van der Waals surface area (Å²) in [5.74, 6) is -0.177. The average Bonchev–Trinajstić information content (AvgIpc) is 3.08. The van der Waals surface area contributed by atoms with E-state index in [0.29, 0.717) is 11.7 Å². The van der Waals surface area contributed by atoms with Gasteiger partial charge in [-0.2, -0.15) is 0 Å². The minimum atomic E-state index is -0.177. The standard InChI is InChI=1S/C18H25N5O.ClH/c1-12-5-4-6-16(13(12)2)14(3)20-18(24)17-11-23(22-21-17)15-7-9-19-10-8-15;/h4-6,11,14-15,19H,7-10H2,1-3H3,(H,20,24);1H. The summed E-state index contributed by atoms with van der Waals surface area (Å²) in [7, 11) is 0. The van der Waals surface area contributed by atoms with E-state index >= 15 is 0 Å². The van der Waals surface area contributed by atoms with Crippen molar-refractivity contribution in [1.82, 2.24) is 25.6 Å². The monoisotopic (exact) mass is 363 g/mol. The lowest BCUT2D eigenvalue weighted by molar-refractivity contribution is 0.0934. The number of nitrogens with zero attached hydrogens (tertiary/aromatic N) is 3. The van der Waals surface area contributed by atoms with E-state index in [1.807, 2.05) is 17.7 Å². The number of aryl methyl sites for hydroxylation is 1. The molecule has 1 amide bonds. The number of piperidine rings is 1. The number of carbonyl (C=O) groups excluding carboxylic acids is 1. The number of benzene rings is 1. The first-order chi connectivity index (χ1) is 11.6. The molecule has 1 unspecified atom stereocenters. The summed E-state index contributed by atoms with van der Waals surface area (Å²) in [5.41, 5.74) is 3.95. The number of aromatic nitrogens is 3. The molecule has 1 aromatic heterocycles. The number of nitrogens with one attached hydrogen (secondary N) is 2. The topological polar surface area (TPSA) is 71.8 Å². The second kappa shape index (κ2) is 8.45. The van der Waals surface area contributed by atoms with E-state index in [2.05, 4.69) is 46.9 Å². The fourth-order valence-electron chi connectivity index (χ4n) is 3.22. The van der Waals surface area contributed by atoms with Crippen LogP contribution in [0.3, 0.4) is 0 Å². The fourth-order valence-corrected chi connectivity index (χ4v) is 3.22. The highest BCUT2D eigenvalue weighted by Gasteiger charge is 2.20. The summed E-state index contributed by atoms with van der Waals surface area (Å²) in [6, 6.07) is 6.42. The second-order valence-electron chi connectivity index (χ2n) is 6.55. The highest BCUT2D eigenvalue weighted by molar-refractivity contribution is 5.92. The van der Waals surface area contributed by atoms with E-state index in [9.17, 15) is 4.79 Å². The van der Waals surface area contributed by atoms with Crippen LogP contribution in [0.1, 0.15) is 59.0 Å². The number of carbonyl (C=O) groups is 1. The van der Waals surface area contributed by atoms with Crippen molar-refractivity contribution < 1.29 is 4.79 Å². The molecule has 1 atom stereocenters. The van der Waals surface area contributed by atoms with Gasteiger partial charge < -0.3 is 10.6 Å². The molecular weight excluding hydrogens is 338 g/mol. The average molecular weight is 364 g/mol. The van der Waals surface area contributed by atoms with E-state index in [4.69, 9.17) is 0 Å². The van der Waals surface area contributed by atoms with E-state index in [1.54, 1.807) is 6.20 Å². The maximum atomic E-state index is 12.5. The van der Waals surface area contributed by atoms with Gasteiger partial charge in [0.1, 0.15) is 0 Å². The van der Waals surface area contributed by atoms with Crippen molar-refractivity contribution in [3.8, 4) is 0 Å². The van der Waals surface area contributed by atoms with E-state index in [0.717, 1.165) is 31.5 Å². The Labute approximate surface area is 154 Å². The fraction of sp³-hybridized carbons (Fsp3) is 0.500. The molecule has 1 fully saturated rings. The van der Waals surface area contributed by atoms with Crippen LogP contribution in [0.4, 0.5) is 0 Å². The lowest BCUT2D eigenvalue weighted by Gasteiger charge is -2.22. The number of rotatable bonds is 4. The Morgan fingerprint density at radius 1 is 1.32 bits per heavy atom. The largest absolute Gasteiger partial charge is 0.344 e. The lowest BCUT2D eigenvalue weighted by atomic mass is 9.98. The number of amides is 1. The Bertz CT molecular complexity index is 724. The molecular formula is C18H26ClN5O. The Kier molecular flexibility index (Phi) is 6.56. The van der Waals surface area contributed by atoms with Crippen LogP contribution in [-0.4, -0.2) is 34.0 Å². The molecule has 1 aromatic carbocycles. The lowest BCUT2D eigenvalue weighted by Crippen LogP contribution is -2.29. The molecule has 0 aliphatic carbocycles. The van der Waals surface area contributed by atoms with Gasteiger partial charge in [-0.3, -0.25) is 4.79 Å². The molecule has 2 aromatic rings. The van der Waals surface area contributed by atoms with Crippen LogP contribution in [0.15, 0.2) is 24.4 Å². The molecule has 1 aliphatic rings. The summed E-state index contributed by atoms with van der Waals surface area (Å²) < 4.78 is 1.83. The summed E-state index contributed by atoms with van der Waals surface area (Å²) in [6.07, 6.45) is 3.80. The zero-order valence-corrected chi connectivity index (χ0v) is 15.8. The maximum Gasteiger partial charge on any atom is 0.273 e. The Morgan fingerprint density at radius 2 is 2.04 bits per heavy atom. The molecule has 3 rings (SSSR count). The summed E-state index contributed by atoms with van der Waals surface area (Å²) >= 11 is 0. The van der Waals surface area contributed by atoms with Crippen LogP contribution in [0.2, 0.25) is 0 Å². The van der Waals surface area contributed by atoms with Crippen molar-refractivity contribution in [2.45, 2.75) is 45.7 Å².